The van der Waals surface area contributed by atoms with E-state index in [-0.39, 0.29) is 10.8 Å². The lowest BCUT2D eigenvalue weighted by Gasteiger charge is -2.31. The fourth-order valence-electron chi connectivity index (χ4n) is 9.65. The first-order valence-electron chi connectivity index (χ1n) is 18.4. The molecule has 0 radical (unpaired) electrons. The molecule has 7 aromatic rings. The minimum atomic E-state index is -0.0863. The van der Waals surface area contributed by atoms with Gasteiger partial charge in [-0.25, -0.2) is 0 Å². The van der Waals surface area contributed by atoms with Gasteiger partial charge in [0, 0.05) is 28.1 Å². The fraction of sp³-hybridized carbons (Fsp3) is 0.160. The maximum atomic E-state index is 2.52. The van der Waals surface area contributed by atoms with E-state index < -0.39 is 0 Å². The molecular formula is C50H41N. The van der Waals surface area contributed by atoms with Crippen LogP contribution in [0.3, 0.4) is 0 Å². The summed E-state index contributed by atoms with van der Waals surface area (Å²) in [6, 6.07) is 52.5. The Morgan fingerprint density at radius 1 is 0.490 bits per heavy atom. The lowest BCUT2D eigenvalue weighted by atomic mass is 9.74. The third kappa shape index (κ3) is 4.40. The van der Waals surface area contributed by atoms with Crippen LogP contribution in [-0.2, 0) is 10.8 Å². The third-order valence-electron chi connectivity index (χ3n) is 12.3. The van der Waals surface area contributed by atoms with Gasteiger partial charge in [0.1, 0.15) is 0 Å². The largest absolute Gasteiger partial charge is 0.310 e. The Balaban J connectivity index is 1.22. The average molecular weight is 656 g/mol. The second-order valence-electron chi connectivity index (χ2n) is 15.8. The quantitative estimate of drug-likeness (QED) is 0.182. The number of hydrogen-bond acceptors (Lipinski definition) is 1. The molecule has 7 aromatic carbocycles. The predicted molar refractivity (Wildman–Crippen MR) is 217 cm³/mol. The minimum absolute atomic E-state index is 0.0180. The lowest BCUT2D eigenvalue weighted by molar-refractivity contribution is 0.394. The van der Waals surface area contributed by atoms with Gasteiger partial charge in [-0.3, -0.25) is 0 Å². The number of fused-ring (bicyclic) bond motifs is 8. The Bertz CT molecular complexity index is 2600. The molecule has 1 heteroatoms. The van der Waals surface area contributed by atoms with Crippen molar-refractivity contribution in [3.63, 3.8) is 0 Å². The molecule has 0 heterocycles. The Hall–Kier alpha value is -5.66. The topological polar surface area (TPSA) is 3.24 Å². The minimum Gasteiger partial charge on any atom is -0.310 e. The molecule has 0 saturated carbocycles. The first-order chi connectivity index (χ1) is 24.8. The van der Waals surface area contributed by atoms with E-state index in [0.717, 1.165) is 0 Å². The van der Waals surface area contributed by atoms with Gasteiger partial charge in [-0.1, -0.05) is 149 Å². The molecule has 10 rings (SSSR count). The number of hydrogen-bond donors (Lipinski definition) is 0. The summed E-state index contributed by atoms with van der Waals surface area (Å²) in [7, 11) is 0. The van der Waals surface area contributed by atoms with Crippen LogP contribution in [0.25, 0.3) is 43.8 Å². The van der Waals surface area contributed by atoms with Crippen LogP contribution in [0.15, 0.2) is 164 Å². The maximum absolute atomic E-state index is 2.52. The normalized spacial score (nSPS) is 18.7. The van der Waals surface area contributed by atoms with Crippen LogP contribution in [0.1, 0.15) is 55.9 Å². The summed E-state index contributed by atoms with van der Waals surface area (Å²) in [5, 5.41) is 5.09. The fourth-order valence-corrected chi connectivity index (χ4v) is 9.65. The van der Waals surface area contributed by atoms with Crippen molar-refractivity contribution in [2.45, 2.75) is 44.4 Å². The van der Waals surface area contributed by atoms with E-state index in [1.807, 2.05) is 0 Å². The van der Waals surface area contributed by atoms with Gasteiger partial charge in [-0.05, 0) is 114 Å². The first-order valence-corrected chi connectivity index (χ1v) is 18.4. The molecule has 246 valence electrons. The van der Waals surface area contributed by atoms with Gasteiger partial charge < -0.3 is 4.90 Å². The van der Waals surface area contributed by atoms with E-state index in [2.05, 4.69) is 196 Å². The van der Waals surface area contributed by atoms with Crippen LogP contribution >= 0.6 is 0 Å². The van der Waals surface area contributed by atoms with Crippen molar-refractivity contribution in [3.8, 4) is 22.3 Å². The molecule has 0 N–H and O–H groups in total. The van der Waals surface area contributed by atoms with E-state index in [0.29, 0.717) is 11.8 Å². The van der Waals surface area contributed by atoms with Crippen molar-refractivity contribution in [2.75, 3.05) is 4.90 Å². The maximum Gasteiger partial charge on any atom is 0.0540 e. The molecule has 3 aliphatic carbocycles. The Morgan fingerprint density at radius 2 is 1.18 bits per heavy atom. The highest BCUT2D eigenvalue weighted by atomic mass is 15.1. The SMILES string of the molecule is CC1(C)c2ccc(N(c3ccc4c(c3)C(C)(C)C3C=CC=CC43)c3cccc4c(-c5ccccc5)cccc34)cc2-c2cc3ccccc3cc21. The highest BCUT2D eigenvalue weighted by Gasteiger charge is 2.45. The monoisotopic (exact) mass is 655 g/mol. The molecule has 3 aliphatic rings. The van der Waals surface area contributed by atoms with Crippen LogP contribution < -0.4 is 4.90 Å². The highest BCUT2D eigenvalue weighted by molar-refractivity contribution is 6.06. The van der Waals surface area contributed by atoms with Gasteiger partial charge in [0.2, 0.25) is 0 Å². The van der Waals surface area contributed by atoms with Crippen molar-refractivity contribution < 1.29 is 0 Å². The van der Waals surface area contributed by atoms with E-state index in [4.69, 9.17) is 0 Å². The summed E-state index contributed by atoms with van der Waals surface area (Å²) in [5.74, 6) is 0.878. The zero-order chi connectivity index (χ0) is 34.5. The number of rotatable bonds is 4. The predicted octanol–water partition coefficient (Wildman–Crippen LogP) is 13.6. The van der Waals surface area contributed by atoms with Gasteiger partial charge in [-0.2, -0.15) is 0 Å². The zero-order valence-corrected chi connectivity index (χ0v) is 29.7. The molecule has 2 atom stereocenters. The van der Waals surface area contributed by atoms with Crippen LogP contribution in [0.4, 0.5) is 17.1 Å². The third-order valence-corrected chi connectivity index (χ3v) is 12.3. The van der Waals surface area contributed by atoms with Gasteiger partial charge in [0.15, 0.2) is 0 Å². The molecule has 0 aliphatic heterocycles. The van der Waals surface area contributed by atoms with E-state index in [1.165, 1.54) is 83.1 Å². The van der Waals surface area contributed by atoms with Crippen molar-refractivity contribution in [1.82, 2.24) is 0 Å². The van der Waals surface area contributed by atoms with Crippen LogP contribution in [-0.4, -0.2) is 0 Å². The number of allylic oxidation sites excluding steroid dienone is 4. The van der Waals surface area contributed by atoms with E-state index in [1.54, 1.807) is 0 Å². The smallest absolute Gasteiger partial charge is 0.0540 e. The molecule has 2 unspecified atom stereocenters. The molecule has 0 amide bonds. The first kappa shape index (κ1) is 30.2. The van der Waals surface area contributed by atoms with Crippen LogP contribution in [0.5, 0.6) is 0 Å². The lowest BCUT2D eigenvalue weighted by Crippen LogP contribution is -2.24. The molecule has 0 spiro atoms. The Labute approximate surface area is 301 Å². The number of anilines is 3. The molecule has 0 bridgehead atoms. The Kier molecular flexibility index (Phi) is 6.46. The van der Waals surface area contributed by atoms with Gasteiger partial charge in [-0.15, -0.1) is 0 Å². The number of nitrogens with zero attached hydrogens (tertiary/aromatic N) is 1. The highest BCUT2D eigenvalue weighted by Crippen LogP contribution is 2.56. The van der Waals surface area contributed by atoms with Gasteiger partial charge in [0.25, 0.3) is 0 Å². The molecule has 1 nitrogen and oxygen atoms in total. The zero-order valence-electron chi connectivity index (χ0n) is 29.7. The summed E-state index contributed by atoms with van der Waals surface area (Å²) in [6.45, 7) is 9.61. The molecular weight excluding hydrogens is 615 g/mol. The van der Waals surface area contributed by atoms with Crippen LogP contribution in [0, 0.1) is 5.92 Å². The second-order valence-corrected chi connectivity index (χ2v) is 15.8. The van der Waals surface area contributed by atoms with Crippen molar-refractivity contribution in [3.05, 3.63) is 186 Å². The summed E-state index contributed by atoms with van der Waals surface area (Å²) in [5.41, 5.74) is 14.3. The van der Waals surface area contributed by atoms with Crippen molar-refractivity contribution in [2.24, 2.45) is 5.92 Å². The number of benzene rings is 7. The van der Waals surface area contributed by atoms with E-state index in [9.17, 15) is 0 Å². The van der Waals surface area contributed by atoms with Crippen molar-refractivity contribution in [1.29, 1.82) is 0 Å². The molecule has 0 aromatic heterocycles. The van der Waals surface area contributed by atoms with Gasteiger partial charge >= 0.3 is 0 Å². The summed E-state index contributed by atoms with van der Waals surface area (Å²) >= 11 is 0. The van der Waals surface area contributed by atoms with Gasteiger partial charge in [0.05, 0.1) is 5.69 Å². The standard InChI is InChI=1S/C50H41N/c1-49(2)44-22-11-10-18-39(44)40-26-24-36(31-47(40)49)51(48-23-13-20-38-37(19-12-21-41(38)48)32-14-6-5-7-15-32)35-25-27-45-43(30-35)42-28-33-16-8-9-17-34(33)29-46(42)50(45,3)4/h5-31,39,44H,1-4H3. The average Bonchev–Trinajstić information content (AvgIpc) is 3.53. The van der Waals surface area contributed by atoms with E-state index >= 15 is 0 Å². The summed E-state index contributed by atoms with van der Waals surface area (Å²) in [6.07, 6.45) is 9.27. The molecule has 51 heavy (non-hydrogen) atoms. The molecule has 0 fully saturated rings. The van der Waals surface area contributed by atoms with Crippen LogP contribution in [0.2, 0.25) is 0 Å². The molecule has 0 saturated heterocycles. The second kappa shape index (κ2) is 10.9. The van der Waals surface area contributed by atoms with Crippen molar-refractivity contribution >= 4 is 38.6 Å². The Morgan fingerprint density at radius 3 is 2.02 bits per heavy atom. The summed E-state index contributed by atoms with van der Waals surface area (Å²) < 4.78 is 0. The summed E-state index contributed by atoms with van der Waals surface area (Å²) in [4.78, 5) is 2.52.